The van der Waals surface area contributed by atoms with Crippen LogP contribution in [0.4, 0.5) is 5.69 Å². The van der Waals surface area contributed by atoms with Gasteiger partial charge in [-0.2, -0.15) is 5.26 Å². The Balaban J connectivity index is 2.15. The number of nitrogens with one attached hydrogen (secondary N) is 1. The average molecular weight is 346 g/mol. The van der Waals surface area contributed by atoms with Crippen LogP contribution in [0.5, 0.6) is 5.75 Å². The Morgan fingerprint density at radius 1 is 1.44 bits per heavy atom. The Kier molecular flexibility index (Phi) is 5.24. The van der Waals surface area contributed by atoms with E-state index in [1.807, 2.05) is 6.07 Å². The van der Waals surface area contributed by atoms with Gasteiger partial charge in [-0.3, -0.25) is 14.4 Å². The molecule has 0 bridgehead atoms. The first-order valence-corrected chi connectivity index (χ1v) is 7.51. The number of β-amino-alcohol motifs (C(OH)–C–C–N with tert-alkyl or cyclic N) is 1. The van der Waals surface area contributed by atoms with E-state index >= 15 is 0 Å². The molecular weight excluding hydrogens is 328 g/mol. The fourth-order valence-corrected chi connectivity index (χ4v) is 2.61. The molecule has 132 valence electrons. The number of ether oxygens (including phenoxy) is 1. The highest BCUT2D eigenvalue weighted by atomic mass is 16.5. The zero-order chi connectivity index (χ0) is 18.6. The van der Waals surface area contributed by atoms with Crippen molar-refractivity contribution in [1.82, 2.24) is 4.90 Å². The van der Waals surface area contributed by atoms with Crippen LogP contribution in [0.3, 0.4) is 0 Å². The summed E-state index contributed by atoms with van der Waals surface area (Å²) >= 11 is 0. The highest BCUT2D eigenvalue weighted by Crippen LogP contribution is 2.26. The van der Waals surface area contributed by atoms with E-state index < -0.39 is 23.3 Å². The van der Waals surface area contributed by atoms with Crippen LogP contribution in [0.2, 0.25) is 0 Å². The largest absolute Gasteiger partial charge is 0.495 e. The number of anilines is 1. The van der Waals surface area contributed by atoms with E-state index in [0.717, 1.165) is 4.90 Å². The van der Waals surface area contributed by atoms with Crippen LogP contribution in [0.1, 0.15) is 18.4 Å². The summed E-state index contributed by atoms with van der Waals surface area (Å²) < 4.78 is 5.09. The van der Waals surface area contributed by atoms with Crippen molar-refractivity contribution in [1.29, 1.82) is 5.26 Å². The van der Waals surface area contributed by atoms with Gasteiger partial charge in [0.1, 0.15) is 5.75 Å². The monoisotopic (exact) mass is 346 g/mol. The lowest BCUT2D eigenvalue weighted by Gasteiger charge is -2.36. The predicted molar refractivity (Wildman–Crippen MR) is 86.3 cm³/mol. The standard InChI is InChI=1S/C16H18N4O5/c1-25-12-4-3-10(8-17)7-11(12)19-13(21)14(22)20-6-2-5-16(24,9-20)15(18)23/h3-4,7,24H,2,5-6,9H2,1H3,(H2,18,23)(H,19,21). The van der Waals surface area contributed by atoms with Crippen LogP contribution in [-0.4, -0.2) is 53.5 Å². The molecule has 1 fully saturated rings. The van der Waals surface area contributed by atoms with Crippen LogP contribution < -0.4 is 15.8 Å². The molecule has 0 aromatic heterocycles. The predicted octanol–water partition coefficient (Wildman–Crippen LogP) is -0.656. The van der Waals surface area contributed by atoms with Gasteiger partial charge in [-0.15, -0.1) is 0 Å². The van der Waals surface area contributed by atoms with Crippen LogP contribution in [0.25, 0.3) is 0 Å². The minimum Gasteiger partial charge on any atom is -0.495 e. The molecule has 9 heteroatoms. The minimum absolute atomic E-state index is 0.131. The van der Waals surface area contributed by atoms with Gasteiger partial charge in [-0.1, -0.05) is 0 Å². The van der Waals surface area contributed by atoms with E-state index in [2.05, 4.69) is 5.32 Å². The first-order chi connectivity index (χ1) is 11.8. The zero-order valence-electron chi connectivity index (χ0n) is 13.6. The molecule has 1 aliphatic rings. The van der Waals surface area contributed by atoms with E-state index in [-0.39, 0.29) is 36.5 Å². The van der Waals surface area contributed by atoms with Gasteiger partial charge in [0.2, 0.25) is 0 Å². The van der Waals surface area contributed by atoms with Gasteiger partial charge in [-0.05, 0) is 31.0 Å². The van der Waals surface area contributed by atoms with E-state index in [9.17, 15) is 19.5 Å². The quantitative estimate of drug-likeness (QED) is 0.620. The van der Waals surface area contributed by atoms with Crippen LogP contribution >= 0.6 is 0 Å². The SMILES string of the molecule is COc1ccc(C#N)cc1NC(=O)C(=O)N1CCCC(O)(C(N)=O)C1. The Morgan fingerprint density at radius 2 is 2.16 bits per heavy atom. The van der Waals surface area contributed by atoms with Crippen molar-refractivity contribution >= 4 is 23.4 Å². The van der Waals surface area contributed by atoms with Crippen molar-refractivity contribution in [2.75, 3.05) is 25.5 Å². The maximum absolute atomic E-state index is 12.3. The fraction of sp³-hybridized carbons (Fsp3) is 0.375. The maximum atomic E-state index is 12.3. The number of amides is 3. The minimum atomic E-state index is -1.84. The highest BCUT2D eigenvalue weighted by Gasteiger charge is 2.41. The summed E-state index contributed by atoms with van der Waals surface area (Å²) in [7, 11) is 1.39. The molecule has 3 amide bonds. The van der Waals surface area contributed by atoms with Crippen LogP contribution in [-0.2, 0) is 14.4 Å². The second-order valence-corrected chi connectivity index (χ2v) is 5.71. The van der Waals surface area contributed by atoms with Crippen LogP contribution in [0.15, 0.2) is 18.2 Å². The third kappa shape index (κ3) is 3.87. The summed E-state index contributed by atoms with van der Waals surface area (Å²) in [4.78, 5) is 37.0. The molecule has 4 N–H and O–H groups in total. The third-order valence-electron chi connectivity index (χ3n) is 3.99. The third-order valence-corrected chi connectivity index (χ3v) is 3.99. The second kappa shape index (κ2) is 7.19. The highest BCUT2D eigenvalue weighted by molar-refractivity contribution is 6.39. The molecule has 1 saturated heterocycles. The van der Waals surface area contributed by atoms with E-state index in [1.165, 1.54) is 25.3 Å². The van der Waals surface area contributed by atoms with Gasteiger partial charge in [0, 0.05) is 6.54 Å². The lowest BCUT2D eigenvalue weighted by molar-refractivity contribution is -0.153. The van der Waals surface area contributed by atoms with Gasteiger partial charge in [-0.25, -0.2) is 0 Å². The molecule has 0 aliphatic carbocycles. The topological polar surface area (TPSA) is 146 Å². The molecule has 0 saturated carbocycles. The van der Waals surface area contributed by atoms with Gasteiger partial charge in [0.15, 0.2) is 5.60 Å². The van der Waals surface area contributed by atoms with E-state index in [4.69, 9.17) is 15.7 Å². The lowest BCUT2D eigenvalue weighted by Crippen LogP contribution is -2.58. The number of hydrogen-bond donors (Lipinski definition) is 3. The number of nitriles is 1. The fourth-order valence-electron chi connectivity index (χ4n) is 2.61. The molecule has 25 heavy (non-hydrogen) atoms. The maximum Gasteiger partial charge on any atom is 0.314 e. The summed E-state index contributed by atoms with van der Waals surface area (Å²) in [6.45, 7) is -0.124. The Morgan fingerprint density at radius 3 is 2.76 bits per heavy atom. The number of hydrogen-bond acceptors (Lipinski definition) is 6. The normalized spacial score (nSPS) is 19.6. The van der Waals surface area contributed by atoms with Crippen molar-refractivity contribution < 1.29 is 24.2 Å². The molecule has 1 atom stereocenters. The Labute approximate surface area is 144 Å². The number of primary amides is 1. The first kappa shape index (κ1) is 18.2. The number of nitrogens with zero attached hydrogens (tertiary/aromatic N) is 2. The molecule has 1 heterocycles. The lowest BCUT2D eigenvalue weighted by atomic mass is 9.92. The number of carbonyl (C=O) groups excluding carboxylic acids is 3. The molecule has 2 rings (SSSR count). The zero-order valence-corrected chi connectivity index (χ0v) is 13.6. The van der Waals surface area contributed by atoms with Gasteiger partial charge >= 0.3 is 11.8 Å². The average Bonchev–Trinajstić information content (AvgIpc) is 2.60. The van der Waals surface area contributed by atoms with Gasteiger partial charge < -0.3 is 25.8 Å². The van der Waals surface area contributed by atoms with E-state index in [0.29, 0.717) is 6.42 Å². The second-order valence-electron chi connectivity index (χ2n) is 5.71. The van der Waals surface area contributed by atoms with Crippen molar-refractivity contribution in [3.8, 4) is 11.8 Å². The first-order valence-electron chi connectivity index (χ1n) is 7.51. The molecule has 1 aromatic rings. The number of benzene rings is 1. The number of aliphatic hydroxyl groups is 1. The van der Waals surface area contributed by atoms with Crippen molar-refractivity contribution in [3.05, 3.63) is 23.8 Å². The molecule has 1 unspecified atom stereocenters. The summed E-state index contributed by atoms with van der Waals surface area (Å²) in [6, 6.07) is 6.30. The molecule has 9 nitrogen and oxygen atoms in total. The molecule has 1 aromatic carbocycles. The van der Waals surface area contributed by atoms with Crippen molar-refractivity contribution in [2.45, 2.75) is 18.4 Å². The molecular formula is C16H18N4O5. The smallest absolute Gasteiger partial charge is 0.314 e. The van der Waals surface area contributed by atoms with Crippen molar-refractivity contribution in [2.24, 2.45) is 5.73 Å². The van der Waals surface area contributed by atoms with E-state index in [1.54, 1.807) is 0 Å². The van der Waals surface area contributed by atoms with Gasteiger partial charge in [0.05, 0.1) is 31.0 Å². The molecule has 0 radical (unpaired) electrons. The Bertz CT molecular complexity index is 757. The number of carbonyl (C=O) groups is 3. The molecule has 1 aliphatic heterocycles. The molecule has 0 spiro atoms. The number of likely N-dealkylation sites (tertiary alicyclic amines) is 1. The summed E-state index contributed by atoms with van der Waals surface area (Å²) in [6.07, 6.45) is 0.470. The van der Waals surface area contributed by atoms with Gasteiger partial charge in [0.25, 0.3) is 5.91 Å². The van der Waals surface area contributed by atoms with Crippen LogP contribution in [0, 0.1) is 11.3 Å². The Hall–Kier alpha value is -3.12. The summed E-state index contributed by atoms with van der Waals surface area (Å²) in [5.41, 5.74) is 3.77. The number of piperidine rings is 1. The summed E-state index contributed by atoms with van der Waals surface area (Å²) in [5.74, 6) is -2.54. The number of methoxy groups -OCH3 is 1. The van der Waals surface area contributed by atoms with Crippen molar-refractivity contribution in [3.63, 3.8) is 0 Å². The number of rotatable bonds is 3. The number of nitrogens with two attached hydrogens (primary N) is 1. The summed E-state index contributed by atoms with van der Waals surface area (Å²) in [5, 5.41) is 21.5.